The van der Waals surface area contributed by atoms with E-state index in [1.807, 2.05) is 54.6 Å². The van der Waals surface area contributed by atoms with Crippen molar-refractivity contribution in [3.8, 4) is 5.75 Å². The molecule has 2 heterocycles. The van der Waals surface area contributed by atoms with Crippen LogP contribution in [0.4, 0.5) is 0 Å². The predicted molar refractivity (Wildman–Crippen MR) is 116 cm³/mol. The third-order valence-corrected chi connectivity index (χ3v) is 5.51. The van der Waals surface area contributed by atoms with Crippen molar-refractivity contribution in [1.82, 2.24) is 9.88 Å². The van der Waals surface area contributed by atoms with Crippen molar-refractivity contribution in [2.75, 3.05) is 20.3 Å². The molecule has 0 bridgehead atoms. The number of ether oxygens (including phenoxy) is 2. The molecule has 2 aromatic carbocycles. The van der Waals surface area contributed by atoms with E-state index >= 15 is 0 Å². The van der Waals surface area contributed by atoms with Crippen LogP contribution in [0.15, 0.2) is 59.4 Å². The van der Waals surface area contributed by atoms with Crippen LogP contribution in [0.5, 0.6) is 5.75 Å². The number of methoxy groups -OCH3 is 1. The highest BCUT2D eigenvalue weighted by atomic mass is 16.5. The zero-order valence-corrected chi connectivity index (χ0v) is 17.1. The summed E-state index contributed by atoms with van der Waals surface area (Å²) < 4.78 is 10.9. The Morgan fingerprint density at radius 1 is 1.20 bits per heavy atom. The second kappa shape index (κ2) is 9.13. The summed E-state index contributed by atoms with van der Waals surface area (Å²) in [7, 11) is 1.62. The first-order valence-electron chi connectivity index (χ1n) is 10.3. The second-order valence-corrected chi connectivity index (χ2v) is 7.65. The van der Waals surface area contributed by atoms with Crippen LogP contribution in [0.25, 0.3) is 10.9 Å². The van der Waals surface area contributed by atoms with Gasteiger partial charge in [-0.25, -0.2) is 0 Å². The maximum absolute atomic E-state index is 13.2. The summed E-state index contributed by atoms with van der Waals surface area (Å²) in [5.41, 5.74) is 2.12. The maximum atomic E-state index is 13.2. The molecule has 6 heteroatoms. The second-order valence-electron chi connectivity index (χ2n) is 7.65. The van der Waals surface area contributed by atoms with E-state index in [0.29, 0.717) is 12.1 Å². The van der Waals surface area contributed by atoms with E-state index in [9.17, 15) is 9.59 Å². The average molecular weight is 406 g/mol. The number of para-hydroxylation sites is 1. The molecular weight excluding hydrogens is 380 g/mol. The van der Waals surface area contributed by atoms with Crippen molar-refractivity contribution in [2.45, 2.75) is 31.9 Å². The van der Waals surface area contributed by atoms with Gasteiger partial charge >= 0.3 is 0 Å². The van der Waals surface area contributed by atoms with E-state index < -0.39 is 0 Å². The van der Waals surface area contributed by atoms with Gasteiger partial charge < -0.3 is 19.4 Å². The van der Waals surface area contributed by atoms with E-state index in [-0.39, 0.29) is 30.5 Å². The molecule has 0 spiro atoms. The molecule has 0 aliphatic carbocycles. The standard InChI is InChI=1S/C24H26N2O4/c1-29-20-10-8-17(9-11-20)13-23(27)26(16-21-6-4-12-30-21)15-19-14-18-5-2-3-7-22(18)25-24(19)28/h2-3,5,7-11,14,21H,4,6,12-13,15-16H2,1H3,(H,25,28). The maximum Gasteiger partial charge on any atom is 0.253 e. The van der Waals surface area contributed by atoms with Crippen LogP contribution in [0.1, 0.15) is 24.0 Å². The van der Waals surface area contributed by atoms with Crippen LogP contribution in [0.2, 0.25) is 0 Å². The van der Waals surface area contributed by atoms with Gasteiger partial charge in [-0.1, -0.05) is 30.3 Å². The first-order valence-corrected chi connectivity index (χ1v) is 10.3. The largest absolute Gasteiger partial charge is 0.497 e. The summed E-state index contributed by atoms with van der Waals surface area (Å²) in [5.74, 6) is 0.730. The predicted octanol–water partition coefficient (Wildman–Crippen LogP) is 3.29. The van der Waals surface area contributed by atoms with E-state index in [4.69, 9.17) is 9.47 Å². The van der Waals surface area contributed by atoms with Crippen LogP contribution in [-0.2, 0) is 22.5 Å². The van der Waals surface area contributed by atoms with Crippen LogP contribution >= 0.6 is 0 Å². The van der Waals surface area contributed by atoms with E-state index in [1.165, 1.54) is 0 Å². The number of nitrogens with one attached hydrogen (secondary N) is 1. The fourth-order valence-corrected chi connectivity index (χ4v) is 3.83. The third kappa shape index (κ3) is 4.71. The van der Waals surface area contributed by atoms with Crippen molar-refractivity contribution in [3.05, 3.63) is 76.1 Å². The van der Waals surface area contributed by atoms with Crippen molar-refractivity contribution in [2.24, 2.45) is 0 Å². The Morgan fingerprint density at radius 2 is 2.00 bits per heavy atom. The fourth-order valence-electron chi connectivity index (χ4n) is 3.83. The number of nitrogens with zero attached hydrogens (tertiary/aromatic N) is 1. The smallest absolute Gasteiger partial charge is 0.253 e. The summed E-state index contributed by atoms with van der Waals surface area (Å²) in [5, 5.41) is 0.951. The molecule has 4 rings (SSSR count). The summed E-state index contributed by atoms with van der Waals surface area (Å²) in [4.78, 5) is 30.4. The lowest BCUT2D eigenvalue weighted by Crippen LogP contribution is -2.39. The van der Waals surface area contributed by atoms with Crippen molar-refractivity contribution in [1.29, 1.82) is 0 Å². The van der Waals surface area contributed by atoms with Gasteiger partial charge in [-0.15, -0.1) is 0 Å². The summed E-state index contributed by atoms with van der Waals surface area (Å²) in [6.45, 7) is 1.47. The van der Waals surface area contributed by atoms with Crippen molar-refractivity contribution < 1.29 is 14.3 Å². The number of carbonyl (C=O) groups is 1. The molecular formula is C24H26N2O4. The summed E-state index contributed by atoms with van der Waals surface area (Å²) in [6, 6.07) is 17.0. The molecule has 1 aromatic heterocycles. The topological polar surface area (TPSA) is 71.6 Å². The van der Waals surface area contributed by atoms with E-state index in [2.05, 4.69) is 4.98 Å². The quantitative estimate of drug-likeness (QED) is 0.654. The fraction of sp³-hybridized carbons (Fsp3) is 0.333. The minimum atomic E-state index is -0.164. The van der Waals surface area contributed by atoms with E-state index in [1.54, 1.807) is 12.0 Å². The lowest BCUT2D eigenvalue weighted by Gasteiger charge is -2.25. The molecule has 156 valence electrons. The number of hydrogen-bond donors (Lipinski definition) is 1. The van der Waals surface area contributed by atoms with Crippen molar-refractivity contribution >= 4 is 16.8 Å². The number of hydrogen-bond acceptors (Lipinski definition) is 4. The third-order valence-electron chi connectivity index (χ3n) is 5.51. The summed E-state index contributed by atoms with van der Waals surface area (Å²) >= 11 is 0. The molecule has 1 N–H and O–H groups in total. The molecule has 1 aliphatic heterocycles. The minimum absolute atomic E-state index is 0.0179. The molecule has 1 aliphatic rings. The van der Waals surface area contributed by atoms with Crippen molar-refractivity contribution in [3.63, 3.8) is 0 Å². The monoisotopic (exact) mass is 406 g/mol. The minimum Gasteiger partial charge on any atom is -0.497 e. The molecule has 1 amide bonds. The molecule has 1 unspecified atom stereocenters. The highest BCUT2D eigenvalue weighted by Crippen LogP contribution is 2.18. The summed E-state index contributed by atoms with van der Waals surface area (Å²) in [6.07, 6.45) is 2.22. The molecule has 1 fully saturated rings. The van der Waals surface area contributed by atoms with Gasteiger partial charge in [0.2, 0.25) is 5.91 Å². The first kappa shape index (κ1) is 20.2. The Balaban J connectivity index is 1.56. The molecule has 0 radical (unpaired) electrons. The Morgan fingerprint density at radius 3 is 2.73 bits per heavy atom. The molecule has 6 nitrogen and oxygen atoms in total. The number of rotatable bonds is 7. The van der Waals surface area contributed by atoms with Crippen LogP contribution < -0.4 is 10.3 Å². The molecule has 1 saturated heterocycles. The molecule has 0 saturated carbocycles. The normalized spacial score (nSPS) is 16.0. The zero-order valence-electron chi connectivity index (χ0n) is 17.1. The van der Waals surface area contributed by atoms with Crippen LogP contribution in [0.3, 0.4) is 0 Å². The number of pyridine rings is 1. The molecule has 1 atom stereocenters. The Bertz CT molecular complexity index is 1070. The van der Waals surface area contributed by atoms with Crippen LogP contribution in [-0.4, -0.2) is 42.2 Å². The molecule has 3 aromatic rings. The number of benzene rings is 2. The lowest BCUT2D eigenvalue weighted by molar-refractivity contribution is -0.132. The number of aromatic amines is 1. The van der Waals surface area contributed by atoms with Gasteiger partial charge in [0, 0.05) is 24.2 Å². The SMILES string of the molecule is COc1ccc(CC(=O)N(Cc2cc3ccccc3[nH]c2=O)CC2CCCO2)cc1. The number of amides is 1. The van der Waals surface area contributed by atoms with Gasteiger partial charge in [0.1, 0.15) is 5.75 Å². The number of carbonyl (C=O) groups excluding carboxylic acids is 1. The average Bonchev–Trinajstić information content (AvgIpc) is 3.27. The Labute approximate surface area is 175 Å². The van der Waals surface area contributed by atoms with Gasteiger partial charge in [0.25, 0.3) is 5.56 Å². The van der Waals surface area contributed by atoms with Gasteiger partial charge in [0.05, 0.1) is 26.2 Å². The van der Waals surface area contributed by atoms with Gasteiger partial charge in [-0.2, -0.15) is 0 Å². The van der Waals surface area contributed by atoms with Crippen LogP contribution in [0, 0.1) is 0 Å². The number of H-pyrrole nitrogens is 1. The van der Waals surface area contributed by atoms with Gasteiger partial charge in [-0.3, -0.25) is 9.59 Å². The number of fused-ring (bicyclic) bond motifs is 1. The van der Waals surface area contributed by atoms with E-state index in [0.717, 1.165) is 41.7 Å². The van der Waals surface area contributed by atoms with Gasteiger partial charge in [0.15, 0.2) is 0 Å². The first-order chi connectivity index (χ1) is 14.6. The lowest BCUT2D eigenvalue weighted by atomic mass is 10.1. The molecule has 30 heavy (non-hydrogen) atoms. The highest BCUT2D eigenvalue weighted by molar-refractivity contribution is 5.80. The Hall–Kier alpha value is -3.12. The highest BCUT2D eigenvalue weighted by Gasteiger charge is 2.24. The Kier molecular flexibility index (Phi) is 6.14. The number of aromatic nitrogens is 1. The zero-order chi connectivity index (χ0) is 20.9. The van der Waals surface area contributed by atoms with Gasteiger partial charge in [-0.05, 0) is 48.1 Å².